The Bertz CT molecular complexity index is 808. The molecule has 3 fully saturated rings. The molecule has 0 aromatic heterocycles. The van der Waals surface area contributed by atoms with Crippen molar-refractivity contribution in [2.24, 2.45) is 5.92 Å². The van der Waals surface area contributed by atoms with E-state index in [0.717, 1.165) is 50.9 Å². The average molecular weight is 406 g/mol. The Morgan fingerprint density at radius 1 is 0.964 bits per heavy atom. The van der Waals surface area contributed by atoms with Gasteiger partial charge in [-0.25, -0.2) is 8.42 Å². The van der Waals surface area contributed by atoms with Gasteiger partial charge in [0.05, 0.1) is 5.69 Å². The maximum Gasteiger partial charge on any atom is 0.251 e. The Labute approximate surface area is 168 Å². The zero-order chi connectivity index (χ0) is 19.6. The summed E-state index contributed by atoms with van der Waals surface area (Å²) in [7, 11) is -3.61. The molecular weight excluding hydrogens is 374 g/mol. The summed E-state index contributed by atoms with van der Waals surface area (Å²) in [6.07, 6.45) is 8.56. The third kappa shape index (κ3) is 4.35. The van der Waals surface area contributed by atoms with E-state index in [1.165, 1.54) is 19.3 Å². The summed E-state index contributed by atoms with van der Waals surface area (Å²) in [6, 6.07) is 5.23. The summed E-state index contributed by atoms with van der Waals surface area (Å²) in [5.41, 5.74) is 1.20. The van der Waals surface area contributed by atoms with Gasteiger partial charge in [-0.15, -0.1) is 0 Å². The molecule has 2 saturated heterocycles. The van der Waals surface area contributed by atoms with E-state index in [4.69, 9.17) is 0 Å². The highest BCUT2D eigenvalue weighted by molar-refractivity contribution is 7.89. The second-order valence-electron chi connectivity index (χ2n) is 8.35. The number of carbonyl (C=O) groups is 1. The van der Waals surface area contributed by atoms with Crippen LogP contribution in [0.5, 0.6) is 0 Å². The van der Waals surface area contributed by atoms with Crippen molar-refractivity contribution in [3.63, 3.8) is 0 Å². The van der Waals surface area contributed by atoms with Gasteiger partial charge in [0, 0.05) is 38.3 Å². The van der Waals surface area contributed by atoms with Crippen molar-refractivity contribution in [2.75, 3.05) is 37.6 Å². The molecule has 2 aliphatic heterocycles. The van der Waals surface area contributed by atoms with Crippen LogP contribution in [0.4, 0.5) is 5.69 Å². The highest BCUT2D eigenvalue weighted by atomic mass is 32.2. The quantitative estimate of drug-likeness (QED) is 0.790. The Morgan fingerprint density at radius 3 is 2.25 bits per heavy atom. The van der Waals surface area contributed by atoms with Crippen molar-refractivity contribution in [1.82, 2.24) is 9.62 Å². The molecule has 1 N–H and O–H groups in total. The van der Waals surface area contributed by atoms with E-state index in [1.54, 1.807) is 16.4 Å². The largest absolute Gasteiger partial charge is 0.370 e. The molecule has 1 saturated carbocycles. The number of anilines is 1. The lowest BCUT2D eigenvalue weighted by atomic mass is 10.1. The van der Waals surface area contributed by atoms with E-state index in [-0.39, 0.29) is 5.91 Å². The zero-order valence-corrected chi connectivity index (χ0v) is 17.3. The minimum absolute atomic E-state index is 0.174. The Morgan fingerprint density at radius 2 is 1.61 bits per heavy atom. The minimum atomic E-state index is -3.61. The molecule has 7 heteroatoms. The van der Waals surface area contributed by atoms with Crippen molar-refractivity contribution in [1.29, 1.82) is 0 Å². The van der Waals surface area contributed by atoms with Gasteiger partial charge in [0.2, 0.25) is 10.0 Å². The van der Waals surface area contributed by atoms with Gasteiger partial charge in [-0.3, -0.25) is 4.79 Å². The number of carbonyl (C=O) groups excluding carboxylic acids is 1. The Hall–Kier alpha value is -1.60. The molecule has 6 nitrogen and oxygen atoms in total. The zero-order valence-electron chi connectivity index (χ0n) is 16.5. The minimum Gasteiger partial charge on any atom is -0.370 e. The van der Waals surface area contributed by atoms with Crippen LogP contribution in [0.2, 0.25) is 0 Å². The molecule has 3 aliphatic rings. The average Bonchev–Trinajstić information content (AvgIpc) is 3.57. The van der Waals surface area contributed by atoms with E-state index in [1.807, 2.05) is 6.07 Å². The smallest absolute Gasteiger partial charge is 0.251 e. The number of hydrogen-bond donors (Lipinski definition) is 1. The number of rotatable bonds is 6. The van der Waals surface area contributed by atoms with Crippen molar-refractivity contribution >= 4 is 21.6 Å². The van der Waals surface area contributed by atoms with Crippen LogP contribution in [0, 0.1) is 5.92 Å². The van der Waals surface area contributed by atoms with E-state index in [9.17, 15) is 13.2 Å². The number of hydrogen-bond acceptors (Lipinski definition) is 4. The van der Waals surface area contributed by atoms with Crippen LogP contribution in [0.3, 0.4) is 0 Å². The second kappa shape index (κ2) is 8.41. The van der Waals surface area contributed by atoms with Gasteiger partial charge in [0.25, 0.3) is 5.91 Å². The molecule has 0 spiro atoms. The molecule has 2 heterocycles. The molecule has 4 rings (SSSR count). The van der Waals surface area contributed by atoms with Crippen LogP contribution in [0.25, 0.3) is 0 Å². The van der Waals surface area contributed by atoms with Crippen LogP contribution in [-0.2, 0) is 10.0 Å². The molecule has 1 aromatic rings. The monoisotopic (exact) mass is 405 g/mol. The van der Waals surface area contributed by atoms with E-state index in [2.05, 4.69) is 10.2 Å². The molecule has 0 atom stereocenters. The molecule has 0 bridgehead atoms. The molecule has 0 unspecified atom stereocenters. The summed E-state index contributed by atoms with van der Waals surface area (Å²) in [5.74, 6) is 0.417. The predicted molar refractivity (Wildman–Crippen MR) is 110 cm³/mol. The fourth-order valence-corrected chi connectivity index (χ4v) is 5.92. The first kappa shape index (κ1) is 19.7. The van der Waals surface area contributed by atoms with Gasteiger partial charge in [0.15, 0.2) is 0 Å². The second-order valence-corrected chi connectivity index (χ2v) is 10.3. The number of sulfonamides is 1. The maximum absolute atomic E-state index is 13.5. The summed E-state index contributed by atoms with van der Waals surface area (Å²) < 4.78 is 28.5. The van der Waals surface area contributed by atoms with E-state index >= 15 is 0 Å². The van der Waals surface area contributed by atoms with Crippen LogP contribution < -0.4 is 10.2 Å². The molecule has 1 aromatic carbocycles. The Balaban J connectivity index is 1.66. The highest BCUT2D eigenvalue weighted by Crippen LogP contribution is 2.32. The molecule has 1 amide bonds. The summed E-state index contributed by atoms with van der Waals surface area (Å²) in [5, 5.41) is 2.96. The highest BCUT2D eigenvalue weighted by Gasteiger charge is 2.31. The number of piperidine rings is 2. The van der Waals surface area contributed by atoms with Gasteiger partial charge < -0.3 is 10.2 Å². The lowest BCUT2D eigenvalue weighted by Gasteiger charge is -2.33. The third-order valence-corrected chi connectivity index (χ3v) is 8.03. The first-order valence-corrected chi connectivity index (χ1v) is 12.2. The van der Waals surface area contributed by atoms with E-state index < -0.39 is 10.0 Å². The molecule has 154 valence electrons. The molecule has 28 heavy (non-hydrogen) atoms. The van der Waals surface area contributed by atoms with Crippen molar-refractivity contribution < 1.29 is 13.2 Å². The van der Waals surface area contributed by atoms with Gasteiger partial charge in [-0.05, 0) is 69.1 Å². The van der Waals surface area contributed by atoms with Crippen LogP contribution in [0.15, 0.2) is 23.1 Å². The maximum atomic E-state index is 13.5. The molecular formula is C21H31N3O3S. The normalized spacial score (nSPS) is 21.5. The fraction of sp³-hybridized carbons (Fsp3) is 0.667. The predicted octanol–water partition coefficient (Wildman–Crippen LogP) is 2.99. The molecule has 0 radical (unpaired) electrons. The van der Waals surface area contributed by atoms with Gasteiger partial charge in [0.1, 0.15) is 4.90 Å². The number of nitrogens with one attached hydrogen (secondary N) is 1. The van der Waals surface area contributed by atoms with Gasteiger partial charge in [-0.1, -0.05) is 6.42 Å². The Kier molecular flexibility index (Phi) is 5.92. The lowest BCUT2D eigenvalue weighted by molar-refractivity contribution is 0.0951. The van der Waals surface area contributed by atoms with Crippen molar-refractivity contribution in [3.05, 3.63) is 23.8 Å². The van der Waals surface area contributed by atoms with Gasteiger partial charge >= 0.3 is 0 Å². The van der Waals surface area contributed by atoms with E-state index in [0.29, 0.717) is 36.0 Å². The SMILES string of the molecule is O=C(NCC1CC1)c1ccc(N2CCCCC2)c(S(=O)(=O)N2CCCCC2)c1. The van der Waals surface area contributed by atoms with Crippen LogP contribution >= 0.6 is 0 Å². The van der Waals surface area contributed by atoms with Crippen molar-refractivity contribution in [2.45, 2.75) is 56.3 Å². The topological polar surface area (TPSA) is 69.7 Å². The first-order valence-electron chi connectivity index (χ1n) is 10.7. The standard InChI is InChI=1S/C21H31N3O3S/c25-21(22-16-17-7-8-17)18-9-10-19(23-11-3-1-4-12-23)20(15-18)28(26,27)24-13-5-2-6-14-24/h9-10,15,17H,1-8,11-14,16H2,(H,22,25). The van der Waals surface area contributed by atoms with Crippen LogP contribution in [-0.4, -0.2) is 51.4 Å². The van der Waals surface area contributed by atoms with Gasteiger partial charge in [-0.2, -0.15) is 4.31 Å². The third-order valence-electron chi connectivity index (χ3n) is 6.10. The summed E-state index contributed by atoms with van der Waals surface area (Å²) in [6.45, 7) is 3.56. The fourth-order valence-electron chi connectivity index (χ4n) is 4.16. The summed E-state index contributed by atoms with van der Waals surface area (Å²) >= 11 is 0. The number of amides is 1. The first-order chi connectivity index (χ1) is 13.6. The summed E-state index contributed by atoms with van der Waals surface area (Å²) in [4.78, 5) is 15.1. The molecule has 1 aliphatic carbocycles. The number of benzene rings is 1. The van der Waals surface area contributed by atoms with Crippen molar-refractivity contribution in [3.8, 4) is 0 Å². The lowest BCUT2D eigenvalue weighted by Crippen LogP contribution is -2.38. The number of nitrogens with zero attached hydrogens (tertiary/aromatic N) is 2. The van der Waals surface area contributed by atoms with Crippen LogP contribution in [0.1, 0.15) is 61.7 Å².